The molecule has 0 bridgehead atoms. The number of rotatable bonds is 4. The number of fused-ring (bicyclic) bond motifs is 1. The van der Waals surface area contributed by atoms with E-state index in [1.54, 1.807) is 19.4 Å². The van der Waals surface area contributed by atoms with Crippen LogP contribution in [0.2, 0.25) is 0 Å². The fourth-order valence-electron chi connectivity index (χ4n) is 2.49. The highest BCUT2D eigenvalue weighted by molar-refractivity contribution is 6.06. The Bertz CT molecular complexity index is 919. The van der Waals surface area contributed by atoms with Crippen LogP contribution in [0.5, 0.6) is 5.75 Å². The third-order valence-corrected chi connectivity index (χ3v) is 3.60. The average Bonchev–Trinajstić information content (AvgIpc) is 2.61. The molecule has 24 heavy (non-hydrogen) atoms. The summed E-state index contributed by atoms with van der Waals surface area (Å²) >= 11 is 0. The third-order valence-electron chi connectivity index (χ3n) is 3.60. The Morgan fingerprint density at radius 3 is 2.75 bits per heavy atom. The Morgan fingerprint density at radius 2 is 1.92 bits per heavy atom. The van der Waals surface area contributed by atoms with Gasteiger partial charge in [0.2, 0.25) is 0 Å². The van der Waals surface area contributed by atoms with Crippen LogP contribution in [-0.2, 0) is 0 Å². The zero-order valence-electron chi connectivity index (χ0n) is 13.5. The van der Waals surface area contributed by atoms with Gasteiger partial charge in [-0.1, -0.05) is 30.3 Å². The highest BCUT2D eigenvalue weighted by atomic mass is 16.5. The first-order valence-corrected chi connectivity index (χ1v) is 7.52. The van der Waals surface area contributed by atoms with E-state index in [9.17, 15) is 4.79 Å². The van der Waals surface area contributed by atoms with Crippen LogP contribution in [0.15, 0.2) is 59.7 Å². The lowest BCUT2D eigenvalue weighted by molar-refractivity contribution is 0.0956. The summed E-state index contributed by atoms with van der Waals surface area (Å²) in [5, 5.41) is 4.84. The van der Waals surface area contributed by atoms with E-state index in [1.807, 2.05) is 55.5 Å². The van der Waals surface area contributed by atoms with Crippen LogP contribution in [0.3, 0.4) is 0 Å². The van der Waals surface area contributed by atoms with Crippen molar-refractivity contribution in [3.8, 4) is 5.75 Å². The van der Waals surface area contributed by atoms with Gasteiger partial charge in [0.15, 0.2) is 0 Å². The highest BCUT2D eigenvalue weighted by Gasteiger charge is 2.11. The van der Waals surface area contributed by atoms with E-state index in [0.29, 0.717) is 11.3 Å². The van der Waals surface area contributed by atoms with Crippen molar-refractivity contribution in [1.82, 2.24) is 10.4 Å². The second kappa shape index (κ2) is 6.91. The van der Waals surface area contributed by atoms with Crippen molar-refractivity contribution >= 4 is 23.0 Å². The number of methoxy groups -OCH3 is 1. The summed E-state index contributed by atoms with van der Waals surface area (Å²) in [6.07, 6.45) is 1.56. The summed E-state index contributed by atoms with van der Waals surface area (Å²) < 4.78 is 5.25. The molecule has 3 aromatic rings. The predicted octanol–water partition coefficient (Wildman–Crippen LogP) is 3.32. The molecule has 0 radical (unpaired) electrons. The van der Waals surface area contributed by atoms with Gasteiger partial charge in [-0.15, -0.1) is 0 Å². The molecule has 0 saturated heterocycles. The van der Waals surface area contributed by atoms with E-state index < -0.39 is 0 Å². The number of hydrogen-bond acceptors (Lipinski definition) is 4. The fraction of sp³-hybridized carbons (Fsp3) is 0.105. The van der Waals surface area contributed by atoms with Crippen LogP contribution >= 0.6 is 0 Å². The van der Waals surface area contributed by atoms with Crippen LogP contribution < -0.4 is 10.2 Å². The molecule has 5 heteroatoms. The monoisotopic (exact) mass is 319 g/mol. The number of hydrazone groups is 1. The molecule has 1 amide bonds. The van der Waals surface area contributed by atoms with E-state index >= 15 is 0 Å². The van der Waals surface area contributed by atoms with Gasteiger partial charge in [-0.05, 0) is 31.2 Å². The predicted molar refractivity (Wildman–Crippen MR) is 94.5 cm³/mol. The quantitative estimate of drug-likeness (QED) is 0.593. The van der Waals surface area contributed by atoms with Crippen molar-refractivity contribution in [3.05, 3.63) is 71.4 Å². The number of nitrogens with zero attached hydrogens (tertiary/aromatic N) is 2. The molecule has 5 nitrogen and oxygen atoms in total. The molecule has 0 fully saturated rings. The Labute approximate surface area is 140 Å². The first kappa shape index (κ1) is 15.7. The van der Waals surface area contributed by atoms with Crippen LogP contribution in [0, 0.1) is 6.92 Å². The van der Waals surface area contributed by atoms with Crippen molar-refractivity contribution in [2.24, 2.45) is 5.10 Å². The van der Waals surface area contributed by atoms with E-state index in [4.69, 9.17) is 4.74 Å². The van der Waals surface area contributed by atoms with Gasteiger partial charge in [0.1, 0.15) is 5.75 Å². The molecule has 120 valence electrons. The van der Waals surface area contributed by atoms with Gasteiger partial charge in [-0.3, -0.25) is 9.78 Å². The maximum Gasteiger partial charge on any atom is 0.272 e. The van der Waals surface area contributed by atoms with Gasteiger partial charge in [0.05, 0.1) is 24.4 Å². The van der Waals surface area contributed by atoms with E-state index in [2.05, 4.69) is 15.5 Å². The smallest absolute Gasteiger partial charge is 0.272 e. The maximum absolute atomic E-state index is 12.5. The van der Waals surface area contributed by atoms with Gasteiger partial charge in [0, 0.05) is 16.6 Å². The van der Waals surface area contributed by atoms with Crippen LogP contribution in [0.4, 0.5) is 0 Å². The number of pyridine rings is 1. The molecule has 0 spiro atoms. The topological polar surface area (TPSA) is 63.6 Å². The van der Waals surface area contributed by atoms with Crippen LogP contribution in [-0.4, -0.2) is 24.2 Å². The third kappa shape index (κ3) is 3.25. The van der Waals surface area contributed by atoms with Gasteiger partial charge < -0.3 is 4.74 Å². The number of carbonyl (C=O) groups is 1. The number of carbonyl (C=O) groups excluding carboxylic acids is 1. The van der Waals surface area contributed by atoms with Crippen LogP contribution in [0.1, 0.15) is 21.6 Å². The Kier molecular flexibility index (Phi) is 4.52. The molecule has 2 aromatic carbocycles. The minimum atomic E-state index is -0.275. The minimum absolute atomic E-state index is 0.275. The average molecular weight is 319 g/mol. The molecule has 1 N–H and O–H groups in total. The van der Waals surface area contributed by atoms with Crippen molar-refractivity contribution in [2.45, 2.75) is 6.92 Å². The molecular weight excluding hydrogens is 302 g/mol. The summed E-state index contributed by atoms with van der Waals surface area (Å²) in [7, 11) is 1.59. The summed E-state index contributed by atoms with van der Waals surface area (Å²) in [4.78, 5) is 16.9. The molecule has 0 aliphatic rings. The molecule has 3 rings (SSSR count). The lowest BCUT2D eigenvalue weighted by atomic mass is 10.1. The second-order valence-electron chi connectivity index (χ2n) is 5.27. The van der Waals surface area contributed by atoms with E-state index in [0.717, 1.165) is 22.2 Å². The summed E-state index contributed by atoms with van der Waals surface area (Å²) in [6.45, 7) is 1.86. The molecule has 0 saturated carbocycles. The Balaban J connectivity index is 1.84. The number of aryl methyl sites for hydroxylation is 1. The molecule has 0 aliphatic heterocycles. The molecule has 1 aromatic heterocycles. The normalized spacial score (nSPS) is 10.9. The van der Waals surface area contributed by atoms with Crippen molar-refractivity contribution < 1.29 is 9.53 Å². The Hall–Kier alpha value is -3.21. The molecule has 0 atom stereocenters. The van der Waals surface area contributed by atoms with Crippen molar-refractivity contribution in [3.63, 3.8) is 0 Å². The SMILES string of the molecule is COc1ccccc1C=NNC(=O)c1cc(C)nc2ccccc12. The van der Waals surface area contributed by atoms with E-state index in [1.165, 1.54) is 0 Å². The van der Waals surface area contributed by atoms with Gasteiger partial charge in [-0.2, -0.15) is 5.10 Å². The number of aromatic nitrogens is 1. The molecular formula is C19H17N3O2. The first-order chi connectivity index (χ1) is 11.7. The number of hydrogen-bond donors (Lipinski definition) is 1. The lowest BCUT2D eigenvalue weighted by Crippen LogP contribution is -2.18. The summed E-state index contributed by atoms with van der Waals surface area (Å²) in [5.41, 5.74) is 5.48. The van der Waals surface area contributed by atoms with Gasteiger partial charge >= 0.3 is 0 Å². The summed E-state index contributed by atoms with van der Waals surface area (Å²) in [5.74, 6) is 0.420. The number of nitrogens with one attached hydrogen (secondary N) is 1. The Morgan fingerprint density at radius 1 is 1.17 bits per heavy atom. The standard InChI is InChI=1S/C19H17N3O2/c1-13-11-16(15-8-4-5-9-17(15)21-13)19(23)22-20-12-14-7-3-6-10-18(14)24-2/h3-12H,1-2H3,(H,22,23). The van der Waals surface area contributed by atoms with Gasteiger partial charge in [-0.25, -0.2) is 5.43 Å². The van der Waals surface area contributed by atoms with Crippen LogP contribution in [0.25, 0.3) is 10.9 Å². The van der Waals surface area contributed by atoms with Crippen molar-refractivity contribution in [2.75, 3.05) is 7.11 Å². The number of ether oxygens (including phenoxy) is 1. The highest BCUT2D eigenvalue weighted by Crippen LogP contribution is 2.18. The van der Waals surface area contributed by atoms with E-state index in [-0.39, 0.29) is 5.91 Å². The zero-order valence-corrected chi connectivity index (χ0v) is 13.5. The summed E-state index contributed by atoms with van der Waals surface area (Å²) in [6, 6.07) is 16.8. The largest absolute Gasteiger partial charge is 0.496 e. The lowest BCUT2D eigenvalue weighted by Gasteiger charge is -2.06. The van der Waals surface area contributed by atoms with Gasteiger partial charge in [0.25, 0.3) is 5.91 Å². The van der Waals surface area contributed by atoms with Crippen molar-refractivity contribution in [1.29, 1.82) is 0 Å². The maximum atomic E-state index is 12.5. The fourth-order valence-corrected chi connectivity index (χ4v) is 2.49. The number of benzene rings is 2. The minimum Gasteiger partial charge on any atom is -0.496 e. The zero-order chi connectivity index (χ0) is 16.9. The first-order valence-electron chi connectivity index (χ1n) is 7.52. The molecule has 0 aliphatic carbocycles. The molecule has 1 heterocycles. The molecule has 0 unspecified atom stereocenters. The second-order valence-corrected chi connectivity index (χ2v) is 5.27. The number of amides is 1. The number of para-hydroxylation sites is 2.